The van der Waals surface area contributed by atoms with E-state index in [0.717, 1.165) is 25.1 Å². The molecular formula is C15H20ClFN4O. The van der Waals surface area contributed by atoms with Crippen LogP contribution in [0.2, 0.25) is 0 Å². The average molecular weight is 327 g/mol. The molecule has 0 radical (unpaired) electrons. The van der Waals surface area contributed by atoms with Crippen molar-refractivity contribution < 1.29 is 8.91 Å². The zero-order chi connectivity index (χ0) is 14.8. The average Bonchev–Trinajstić information content (AvgIpc) is 2.92. The number of hydrogen-bond acceptors (Lipinski definition) is 5. The fourth-order valence-electron chi connectivity index (χ4n) is 2.62. The highest BCUT2D eigenvalue weighted by molar-refractivity contribution is 5.85. The number of aromatic nitrogens is 2. The molecule has 0 bridgehead atoms. The summed E-state index contributed by atoms with van der Waals surface area (Å²) >= 11 is 0. The lowest BCUT2D eigenvalue weighted by molar-refractivity contribution is 0.142. The molecule has 1 aromatic heterocycles. The van der Waals surface area contributed by atoms with Gasteiger partial charge in [-0.25, -0.2) is 4.39 Å². The van der Waals surface area contributed by atoms with Crippen LogP contribution in [-0.2, 0) is 6.54 Å². The molecule has 0 saturated carbocycles. The van der Waals surface area contributed by atoms with Gasteiger partial charge in [-0.2, -0.15) is 4.98 Å². The van der Waals surface area contributed by atoms with Crippen molar-refractivity contribution in [2.75, 3.05) is 13.1 Å². The van der Waals surface area contributed by atoms with Gasteiger partial charge >= 0.3 is 0 Å². The third-order valence-electron chi connectivity index (χ3n) is 3.99. The zero-order valence-corrected chi connectivity index (χ0v) is 13.2. The van der Waals surface area contributed by atoms with Crippen LogP contribution in [0.4, 0.5) is 4.39 Å². The molecule has 0 aliphatic carbocycles. The Bertz CT molecular complexity index is 604. The Kier molecular flexibility index (Phi) is 5.50. The molecule has 2 aromatic rings. The van der Waals surface area contributed by atoms with E-state index in [1.807, 2.05) is 0 Å². The van der Waals surface area contributed by atoms with E-state index in [0.29, 0.717) is 24.2 Å². The van der Waals surface area contributed by atoms with Crippen LogP contribution in [0.3, 0.4) is 0 Å². The molecule has 2 heterocycles. The Morgan fingerprint density at radius 2 is 2.09 bits per heavy atom. The summed E-state index contributed by atoms with van der Waals surface area (Å²) in [6, 6.07) is 6.34. The van der Waals surface area contributed by atoms with E-state index in [9.17, 15) is 4.39 Å². The Morgan fingerprint density at radius 1 is 1.36 bits per heavy atom. The maximum absolute atomic E-state index is 12.9. The van der Waals surface area contributed by atoms with Gasteiger partial charge < -0.3 is 10.3 Å². The molecule has 0 spiro atoms. The second kappa shape index (κ2) is 7.17. The lowest BCUT2D eigenvalue weighted by Crippen LogP contribution is -2.45. The monoisotopic (exact) mass is 326 g/mol. The van der Waals surface area contributed by atoms with Crippen molar-refractivity contribution in [2.24, 2.45) is 11.7 Å². The lowest BCUT2D eigenvalue weighted by atomic mass is 9.95. The quantitative estimate of drug-likeness (QED) is 0.938. The number of halogens is 2. The van der Waals surface area contributed by atoms with E-state index in [-0.39, 0.29) is 24.3 Å². The van der Waals surface area contributed by atoms with Gasteiger partial charge in [0.25, 0.3) is 0 Å². The van der Waals surface area contributed by atoms with Crippen LogP contribution in [0, 0.1) is 11.7 Å². The van der Waals surface area contributed by atoms with Crippen LogP contribution in [0.5, 0.6) is 0 Å². The lowest BCUT2D eigenvalue weighted by Gasteiger charge is -2.34. The van der Waals surface area contributed by atoms with Gasteiger partial charge in [0, 0.05) is 24.7 Å². The van der Waals surface area contributed by atoms with E-state index in [4.69, 9.17) is 10.3 Å². The van der Waals surface area contributed by atoms with Gasteiger partial charge in [0.15, 0.2) is 0 Å². The summed E-state index contributed by atoms with van der Waals surface area (Å²) in [6.07, 6.45) is 0.986. The Labute approximate surface area is 135 Å². The molecule has 1 aliphatic heterocycles. The molecule has 1 aliphatic rings. The van der Waals surface area contributed by atoms with Gasteiger partial charge in [-0.3, -0.25) is 4.90 Å². The van der Waals surface area contributed by atoms with E-state index in [2.05, 4.69) is 22.0 Å². The molecule has 2 N–H and O–H groups in total. The highest BCUT2D eigenvalue weighted by Crippen LogP contribution is 2.19. The summed E-state index contributed by atoms with van der Waals surface area (Å²) in [5, 5.41) is 3.96. The third kappa shape index (κ3) is 3.82. The number of rotatable bonds is 3. The van der Waals surface area contributed by atoms with Gasteiger partial charge in [0.2, 0.25) is 11.7 Å². The standard InChI is InChI=1S/C15H19FN4O.ClH/c1-10-8-20(7-6-13(10)17)9-14-18-15(19-21-14)11-2-4-12(16)5-3-11;/h2-5,10,13H,6-9,17H2,1H3;1H. The van der Waals surface area contributed by atoms with Crippen molar-refractivity contribution in [3.05, 3.63) is 36.0 Å². The van der Waals surface area contributed by atoms with Crippen LogP contribution in [0.15, 0.2) is 28.8 Å². The summed E-state index contributed by atoms with van der Waals surface area (Å²) in [4.78, 5) is 6.65. The number of hydrogen-bond donors (Lipinski definition) is 1. The summed E-state index contributed by atoms with van der Waals surface area (Å²) < 4.78 is 18.2. The first-order valence-corrected chi connectivity index (χ1v) is 7.18. The molecule has 22 heavy (non-hydrogen) atoms. The number of nitrogens with two attached hydrogens (primary N) is 1. The smallest absolute Gasteiger partial charge is 0.241 e. The first-order chi connectivity index (χ1) is 10.1. The minimum absolute atomic E-state index is 0. The summed E-state index contributed by atoms with van der Waals surface area (Å²) in [5.74, 6) is 1.27. The SMILES string of the molecule is CC1CN(Cc2nc(-c3ccc(F)cc3)no2)CCC1N.Cl. The summed E-state index contributed by atoms with van der Waals surface area (Å²) in [5.41, 5.74) is 6.77. The molecule has 2 unspecified atom stereocenters. The fourth-order valence-corrected chi connectivity index (χ4v) is 2.62. The molecule has 2 atom stereocenters. The molecule has 0 amide bonds. The Morgan fingerprint density at radius 3 is 2.77 bits per heavy atom. The van der Waals surface area contributed by atoms with Gasteiger partial charge in [-0.15, -0.1) is 12.4 Å². The van der Waals surface area contributed by atoms with E-state index < -0.39 is 0 Å². The predicted molar refractivity (Wildman–Crippen MR) is 84.0 cm³/mol. The summed E-state index contributed by atoms with van der Waals surface area (Å²) in [7, 11) is 0. The van der Waals surface area contributed by atoms with Crippen LogP contribution in [0.25, 0.3) is 11.4 Å². The minimum Gasteiger partial charge on any atom is -0.338 e. The first kappa shape index (κ1) is 16.9. The van der Waals surface area contributed by atoms with Crippen molar-refractivity contribution >= 4 is 12.4 Å². The van der Waals surface area contributed by atoms with Gasteiger partial charge in [-0.05, 0) is 36.6 Å². The normalized spacial score (nSPS) is 22.3. The van der Waals surface area contributed by atoms with Crippen LogP contribution in [-0.4, -0.2) is 34.2 Å². The van der Waals surface area contributed by atoms with Gasteiger partial charge in [0.1, 0.15) is 5.82 Å². The molecular weight excluding hydrogens is 307 g/mol. The molecule has 3 rings (SSSR count). The van der Waals surface area contributed by atoms with E-state index in [1.54, 1.807) is 12.1 Å². The maximum Gasteiger partial charge on any atom is 0.241 e. The number of piperidine rings is 1. The highest BCUT2D eigenvalue weighted by atomic mass is 35.5. The minimum atomic E-state index is -0.277. The third-order valence-corrected chi connectivity index (χ3v) is 3.99. The van der Waals surface area contributed by atoms with E-state index >= 15 is 0 Å². The molecule has 1 aromatic carbocycles. The molecule has 120 valence electrons. The topological polar surface area (TPSA) is 68.2 Å². The van der Waals surface area contributed by atoms with Crippen LogP contribution in [0.1, 0.15) is 19.2 Å². The van der Waals surface area contributed by atoms with Crippen LogP contribution < -0.4 is 5.73 Å². The fraction of sp³-hybridized carbons (Fsp3) is 0.467. The highest BCUT2D eigenvalue weighted by Gasteiger charge is 2.24. The van der Waals surface area contributed by atoms with Crippen molar-refractivity contribution in [3.8, 4) is 11.4 Å². The Balaban J connectivity index is 0.00000176. The number of nitrogens with zero attached hydrogens (tertiary/aromatic N) is 3. The van der Waals surface area contributed by atoms with Crippen molar-refractivity contribution in [1.82, 2.24) is 15.0 Å². The van der Waals surface area contributed by atoms with Crippen molar-refractivity contribution in [1.29, 1.82) is 0 Å². The van der Waals surface area contributed by atoms with E-state index in [1.165, 1.54) is 12.1 Å². The second-order valence-corrected chi connectivity index (χ2v) is 5.68. The largest absolute Gasteiger partial charge is 0.338 e. The maximum atomic E-state index is 12.9. The molecule has 1 fully saturated rings. The van der Waals surface area contributed by atoms with Crippen molar-refractivity contribution in [2.45, 2.75) is 25.9 Å². The van der Waals surface area contributed by atoms with Gasteiger partial charge in [0.05, 0.1) is 6.54 Å². The zero-order valence-electron chi connectivity index (χ0n) is 12.4. The first-order valence-electron chi connectivity index (χ1n) is 7.18. The molecule has 7 heteroatoms. The number of likely N-dealkylation sites (tertiary alicyclic amines) is 1. The predicted octanol–water partition coefficient (Wildman–Crippen LogP) is 2.47. The van der Waals surface area contributed by atoms with Crippen LogP contribution >= 0.6 is 12.4 Å². The van der Waals surface area contributed by atoms with Gasteiger partial charge in [-0.1, -0.05) is 12.1 Å². The number of benzene rings is 1. The Hall–Kier alpha value is -1.50. The second-order valence-electron chi connectivity index (χ2n) is 5.68. The molecule has 1 saturated heterocycles. The van der Waals surface area contributed by atoms with Crippen molar-refractivity contribution in [3.63, 3.8) is 0 Å². The summed E-state index contributed by atoms with van der Waals surface area (Å²) in [6.45, 7) is 4.68. The molecule has 5 nitrogen and oxygen atoms in total.